The van der Waals surface area contributed by atoms with Gasteiger partial charge < -0.3 is 5.73 Å². The zero-order valence-electron chi connectivity index (χ0n) is 11.8. The van der Waals surface area contributed by atoms with Gasteiger partial charge in [-0.2, -0.15) is 0 Å². The van der Waals surface area contributed by atoms with Crippen LogP contribution in [-0.4, -0.2) is 0 Å². The Morgan fingerprint density at radius 2 is 1.95 bits per heavy atom. The van der Waals surface area contributed by atoms with Gasteiger partial charge in [-0.1, -0.05) is 73.7 Å². The summed E-state index contributed by atoms with van der Waals surface area (Å²) in [5.41, 5.74) is 9.09. The van der Waals surface area contributed by atoms with Crippen molar-refractivity contribution < 1.29 is 0 Å². The van der Waals surface area contributed by atoms with Crippen molar-refractivity contribution >= 4 is 0 Å². The fraction of sp³-hybridized carbons (Fsp3) is 0.222. The predicted molar refractivity (Wildman–Crippen MR) is 85.0 cm³/mol. The minimum Gasteiger partial charge on any atom is -0.405 e. The average molecular weight is 253 g/mol. The van der Waals surface area contributed by atoms with E-state index in [4.69, 9.17) is 5.73 Å². The molecule has 1 atom stereocenters. The van der Waals surface area contributed by atoms with Crippen LogP contribution in [0.15, 0.2) is 73.0 Å². The molecule has 1 aromatic carbocycles. The Kier molecular flexibility index (Phi) is 6.45. The third-order valence-corrected chi connectivity index (χ3v) is 2.97. The summed E-state index contributed by atoms with van der Waals surface area (Å²) >= 11 is 0. The summed E-state index contributed by atoms with van der Waals surface area (Å²) in [6, 6.07) is 8.63. The summed E-state index contributed by atoms with van der Waals surface area (Å²) in [6.07, 6.45) is 12.6. The van der Waals surface area contributed by atoms with Crippen LogP contribution in [0.1, 0.15) is 30.9 Å². The van der Waals surface area contributed by atoms with Crippen molar-refractivity contribution in [3.8, 4) is 0 Å². The molecule has 1 heteroatoms. The lowest BCUT2D eigenvalue weighted by molar-refractivity contribution is 0.960. The maximum Gasteiger partial charge on any atom is 0.000671 e. The van der Waals surface area contributed by atoms with E-state index in [0.29, 0.717) is 5.92 Å². The molecule has 0 aliphatic heterocycles. The first kappa shape index (κ1) is 15.0. The summed E-state index contributed by atoms with van der Waals surface area (Å²) in [6.45, 7) is 8.20. The Hall–Kier alpha value is -2.02. The van der Waals surface area contributed by atoms with Gasteiger partial charge in [0.1, 0.15) is 0 Å². The van der Waals surface area contributed by atoms with Crippen molar-refractivity contribution in [3.63, 3.8) is 0 Å². The van der Waals surface area contributed by atoms with Gasteiger partial charge in [-0.3, -0.25) is 0 Å². The van der Waals surface area contributed by atoms with Gasteiger partial charge in [0.15, 0.2) is 0 Å². The largest absolute Gasteiger partial charge is 0.405 e. The average Bonchev–Trinajstić information content (AvgIpc) is 2.40. The maximum atomic E-state index is 5.42. The monoisotopic (exact) mass is 253 g/mol. The lowest BCUT2D eigenvalue weighted by Crippen LogP contribution is -1.92. The Morgan fingerprint density at radius 3 is 2.53 bits per heavy atom. The van der Waals surface area contributed by atoms with Gasteiger partial charge in [0.05, 0.1) is 0 Å². The van der Waals surface area contributed by atoms with E-state index in [1.54, 1.807) is 6.20 Å². The molecule has 1 nitrogen and oxygen atoms in total. The SMILES string of the molecule is C=C(/C=C\C=C/C)Cc1ccc(C(C)/C=C\N)cc1. The van der Waals surface area contributed by atoms with Crippen LogP contribution in [-0.2, 0) is 6.42 Å². The van der Waals surface area contributed by atoms with E-state index >= 15 is 0 Å². The highest BCUT2D eigenvalue weighted by atomic mass is 14.5. The third-order valence-electron chi connectivity index (χ3n) is 2.97. The van der Waals surface area contributed by atoms with Gasteiger partial charge in [-0.05, 0) is 30.7 Å². The Balaban J connectivity index is 2.64. The van der Waals surface area contributed by atoms with Crippen LogP contribution in [0.4, 0.5) is 0 Å². The minimum atomic E-state index is 0.358. The van der Waals surface area contributed by atoms with Crippen molar-refractivity contribution in [1.82, 2.24) is 0 Å². The van der Waals surface area contributed by atoms with Crippen molar-refractivity contribution in [1.29, 1.82) is 0 Å². The highest BCUT2D eigenvalue weighted by Crippen LogP contribution is 2.18. The maximum absolute atomic E-state index is 5.42. The van der Waals surface area contributed by atoms with Gasteiger partial charge in [-0.15, -0.1) is 0 Å². The predicted octanol–water partition coefficient (Wildman–Crippen LogP) is 4.49. The molecular weight excluding hydrogens is 230 g/mol. The van der Waals surface area contributed by atoms with E-state index < -0.39 is 0 Å². The number of nitrogens with two attached hydrogens (primary N) is 1. The summed E-state index contributed by atoms with van der Waals surface area (Å²) in [5, 5.41) is 0. The molecule has 0 bridgehead atoms. The van der Waals surface area contributed by atoms with Crippen LogP contribution >= 0.6 is 0 Å². The van der Waals surface area contributed by atoms with Crippen LogP contribution in [0.2, 0.25) is 0 Å². The highest BCUT2D eigenvalue weighted by molar-refractivity contribution is 5.32. The molecule has 0 saturated heterocycles. The number of hydrogen-bond acceptors (Lipinski definition) is 1. The van der Waals surface area contributed by atoms with E-state index in [2.05, 4.69) is 37.8 Å². The molecule has 0 amide bonds. The van der Waals surface area contributed by atoms with Crippen LogP contribution in [0, 0.1) is 0 Å². The normalized spacial score (nSPS) is 13.6. The fourth-order valence-electron chi connectivity index (χ4n) is 1.84. The molecule has 0 fully saturated rings. The number of allylic oxidation sites excluding steroid dienone is 6. The first-order valence-electron chi connectivity index (χ1n) is 6.61. The van der Waals surface area contributed by atoms with Crippen molar-refractivity contribution in [3.05, 3.63) is 84.1 Å². The molecule has 1 aromatic rings. The topological polar surface area (TPSA) is 26.0 Å². The molecule has 1 rings (SSSR count). The summed E-state index contributed by atoms with van der Waals surface area (Å²) in [5.74, 6) is 0.358. The van der Waals surface area contributed by atoms with Gasteiger partial charge in [-0.25, -0.2) is 0 Å². The number of rotatable bonds is 6. The highest BCUT2D eigenvalue weighted by Gasteiger charge is 2.01. The van der Waals surface area contributed by atoms with Crippen LogP contribution in [0.5, 0.6) is 0 Å². The van der Waals surface area contributed by atoms with E-state index in [0.717, 1.165) is 12.0 Å². The smallest absolute Gasteiger partial charge is 0.000671 e. The first-order valence-corrected chi connectivity index (χ1v) is 6.61. The molecule has 0 spiro atoms. The number of hydrogen-bond donors (Lipinski definition) is 1. The standard InChI is InChI=1S/C18H23N/c1-4-5-6-7-15(2)14-17-8-10-18(11-9-17)16(3)12-13-19/h4-13,16H,2,14,19H2,1,3H3/b5-4-,7-6-,13-12-. The molecule has 2 N–H and O–H groups in total. The lowest BCUT2D eigenvalue weighted by Gasteiger charge is -2.08. The van der Waals surface area contributed by atoms with Crippen LogP contribution < -0.4 is 5.73 Å². The zero-order valence-corrected chi connectivity index (χ0v) is 11.8. The van der Waals surface area contributed by atoms with E-state index in [9.17, 15) is 0 Å². The van der Waals surface area contributed by atoms with Gasteiger partial charge >= 0.3 is 0 Å². The number of benzene rings is 1. The molecule has 100 valence electrons. The lowest BCUT2D eigenvalue weighted by atomic mass is 9.98. The first-order chi connectivity index (χ1) is 9.17. The Morgan fingerprint density at radius 1 is 1.26 bits per heavy atom. The van der Waals surface area contributed by atoms with E-state index in [-0.39, 0.29) is 0 Å². The van der Waals surface area contributed by atoms with Crippen LogP contribution in [0.25, 0.3) is 0 Å². The van der Waals surface area contributed by atoms with Crippen molar-refractivity contribution in [2.45, 2.75) is 26.2 Å². The summed E-state index contributed by atoms with van der Waals surface area (Å²) in [7, 11) is 0. The second-order valence-corrected chi connectivity index (χ2v) is 4.64. The molecule has 0 heterocycles. The third kappa shape index (κ3) is 5.43. The van der Waals surface area contributed by atoms with Crippen LogP contribution in [0.3, 0.4) is 0 Å². The second kappa shape index (κ2) is 8.15. The second-order valence-electron chi connectivity index (χ2n) is 4.64. The molecule has 0 saturated carbocycles. The van der Waals surface area contributed by atoms with Crippen molar-refractivity contribution in [2.75, 3.05) is 0 Å². The zero-order chi connectivity index (χ0) is 14.1. The molecule has 0 radical (unpaired) electrons. The molecule has 19 heavy (non-hydrogen) atoms. The van der Waals surface area contributed by atoms with Gasteiger partial charge in [0, 0.05) is 5.92 Å². The summed E-state index contributed by atoms with van der Waals surface area (Å²) in [4.78, 5) is 0. The van der Waals surface area contributed by atoms with Gasteiger partial charge in [0.25, 0.3) is 0 Å². The molecule has 0 aliphatic rings. The summed E-state index contributed by atoms with van der Waals surface area (Å²) < 4.78 is 0. The van der Waals surface area contributed by atoms with Gasteiger partial charge in [0.2, 0.25) is 0 Å². The quantitative estimate of drug-likeness (QED) is 0.742. The minimum absolute atomic E-state index is 0.358. The fourth-order valence-corrected chi connectivity index (χ4v) is 1.84. The Bertz CT molecular complexity index is 475. The van der Waals surface area contributed by atoms with Crippen molar-refractivity contribution in [2.24, 2.45) is 5.73 Å². The van der Waals surface area contributed by atoms with E-state index in [1.165, 1.54) is 11.1 Å². The molecule has 1 unspecified atom stereocenters. The Labute approximate surface area is 116 Å². The van der Waals surface area contributed by atoms with E-state index in [1.807, 2.05) is 37.3 Å². The molecule has 0 aliphatic carbocycles. The molecule has 0 aromatic heterocycles. The molecular formula is C18H23N.